The molecule has 0 saturated heterocycles. The summed E-state index contributed by atoms with van der Waals surface area (Å²) in [5.74, 6) is 2.75. The second kappa shape index (κ2) is 5.21. The Balaban J connectivity index is 1.74. The molecule has 2 nitrogen and oxygen atoms in total. The minimum absolute atomic E-state index is 0.670. The second-order valence-electron chi connectivity index (χ2n) is 5.75. The number of benzene rings is 1. The van der Waals surface area contributed by atoms with Gasteiger partial charge in [0.2, 0.25) is 0 Å². The highest BCUT2D eigenvalue weighted by atomic mass is 16.5. The van der Waals surface area contributed by atoms with E-state index in [1.807, 2.05) is 12.1 Å². The van der Waals surface area contributed by atoms with Gasteiger partial charge in [0.05, 0.1) is 12.8 Å². The third kappa shape index (κ3) is 2.21. The molecule has 18 heavy (non-hydrogen) atoms. The van der Waals surface area contributed by atoms with Crippen LogP contribution >= 0.6 is 0 Å². The molecule has 1 aromatic rings. The fraction of sp³-hybridized carbons (Fsp3) is 0.625. The third-order valence-electron chi connectivity index (χ3n) is 4.74. The van der Waals surface area contributed by atoms with Crippen LogP contribution in [0.25, 0.3) is 0 Å². The van der Waals surface area contributed by atoms with Crippen molar-refractivity contribution in [3.63, 3.8) is 0 Å². The van der Waals surface area contributed by atoms with E-state index in [-0.39, 0.29) is 0 Å². The van der Waals surface area contributed by atoms with E-state index in [1.54, 1.807) is 7.11 Å². The van der Waals surface area contributed by atoms with E-state index in [0.29, 0.717) is 6.04 Å². The number of rotatable bonds is 5. The lowest BCUT2D eigenvalue weighted by Gasteiger charge is -2.43. The summed E-state index contributed by atoms with van der Waals surface area (Å²) in [5.41, 5.74) is 1.17. The number of hydrogen-bond acceptors (Lipinski definition) is 2. The van der Waals surface area contributed by atoms with Crippen LogP contribution in [-0.2, 0) is 0 Å². The molecule has 0 unspecified atom stereocenters. The Morgan fingerprint density at radius 3 is 2.17 bits per heavy atom. The van der Waals surface area contributed by atoms with E-state index in [2.05, 4.69) is 17.4 Å². The number of ether oxygens (including phenoxy) is 1. The molecule has 0 aromatic heterocycles. The Morgan fingerprint density at radius 2 is 1.67 bits per heavy atom. The van der Waals surface area contributed by atoms with Crippen LogP contribution in [0.15, 0.2) is 24.3 Å². The number of nitrogens with one attached hydrogen (secondary N) is 1. The van der Waals surface area contributed by atoms with E-state index in [0.717, 1.165) is 17.6 Å². The van der Waals surface area contributed by atoms with Gasteiger partial charge in [0, 0.05) is 6.04 Å². The fourth-order valence-electron chi connectivity index (χ4n) is 3.16. The quantitative estimate of drug-likeness (QED) is 0.844. The van der Waals surface area contributed by atoms with Crippen molar-refractivity contribution >= 4 is 5.69 Å². The van der Waals surface area contributed by atoms with Gasteiger partial charge >= 0.3 is 0 Å². The molecule has 0 aliphatic heterocycles. The molecule has 0 heterocycles. The zero-order valence-electron chi connectivity index (χ0n) is 11.2. The first kappa shape index (κ1) is 11.9. The van der Waals surface area contributed by atoms with Gasteiger partial charge in [-0.1, -0.05) is 25.0 Å². The summed E-state index contributed by atoms with van der Waals surface area (Å²) >= 11 is 0. The van der Waals surface area contributed by atoms with Gasteiger partial charge in [-0.2, -0.15) is 0 Å². The highest BCUT2D eigenvalue weighted by Gasteiger charge is 2.36. The summed E-state index contributed by atoms with van der Waals surface area (Å²) in [6.45, 7) is 0. The molecule has 2 saturated carbocycles. The summed E-state index contributed by atoms with van der Waals surface area (Å²) in [4.78, 5) is 0. The van der Waals surface area contributed by atoms with Crippen LogP contribution in [0, 0.1) is 11.8 Å². The number of para-hydroxylation sites is 2. The molecule has 1 N–H and O–H groups in total. The molecule has 2 aliphatic rings. The highest BCUT2D eigenvalue weighted by molar-refractivity contribution is 5.57. The van der Waals surface area contributed by atoms with Crippen molar-refractivity contribution in [2.24, 2.45) is 11.8 Å². The Kier molecular flexibility index (Phi) is 3.44. The molecule has 2 aliphatic carbocycles. The minimum Gasteiger partial charge on any atom is -0.495 e. The average Bonchev–Trinajstić information content (AvgIpc) is 2.25. The molecular weight excluding hydrogens is 222 g/mol. The topological polar surface area (TPSA) is 21.3 Å². The molecule has 0 amide bonds. The van der Waals surface area contributed by atoms with Crippen molar-refractivity contribution in [1.82, 2.24) is 0 Å². The summed E-state index contributed by atoms with van der Waals surface area (Å²) in [6.07, 6.45) is 8.46. The molecule has 2 fully saturated rings. The SMILES string of the molecule is COc1ccccc1NC(C1CCC1)C1CCC1. The lowest BCUT2D eigenvalue weighted by Crippen LogP contribution is -2.42. The average molecular weight is 245 g/mol. The van der Waals surface area contributed by atoms with Crippen LogP contribution in [0.3, 0.4) is 0 Å². The van der Waals surface area contributed by atoms with Crippen molar-refractivity contribution in [2.45, 2.75) is 44.6 Å². The van der Waals surface area contributed by atoms with Crippen molar-refractivity contribution in [3.8, 4) is 5.75 Å². The van der Waals surface area contributed by atoms with E-state index >= 15 is 0 Å². The van der Waals surface area contributed by atoms with Gasteiger partial charge in [0.1, 0.15) is 5.75 Å². The summed E-state index contributed by atoms with van der Waals surface area (Å²) in [6, 6.07) is 8.98. The smallest absolute Gasteiger partial charge is 0.141 e. The zero-order valence-corrected chi connectivity index (χ0v) is 11.2. The summed E-state index contributed by atoms with van der Waals surface area (Å²) in [7, 11) is 1.75. The highest BCUT2D eigenvalue weighted by Crippen LogP contribution is 2.42. The van der Waals surface area contributed by atoms with E-state index in [1.165, 1.54) is 44.2 Å². The first-order valence-electron chi connectivity index (χ1n) is 7.28. The van der Waals surface area contributed by atoms with Gasteiger partial charge < -0.3 is 10.1 Å². The summed E-state index contributed by atoms with van der Waals surface area (Å²) in [5, 5.41) is 3.78. The molecule has 3 rings (SSSR count). The minimum atomic E-state index is 0.670. The van der Waals surface area contributed by atoms with Gasteiger partial charge in [-0.3, -0.25) is 0 Å². The maximum atomic E-state index is 5.45. The molecule has 0 radical (unpaired) electrons. The van der Waals surface area contributed by atoms with Gasteiger partial charge in [-0.05, 0) is 49.7 Å². The van der Waals surface area contributed by atoms with Crippen molar-refractivity contribution in [1.29, 1.82) is 0 Å². The van der Waals surface area contributed by atoms with Gasteiger partial charge in [0.25, 0.3) is 0 Å². The zero-order chi connectivity index (χ0) is 12.4. The first-order chi connectivity index (χ1) is 8.88. The fourth-order valence-corrected chi connectivity index (χ4v) is 3.16. The standard InChI is InChI=1S/C16H23NO/c1-18-15-11-3-2-10-14(15)17-16(12-6-4-7-12)13-8-5-9-13/h2-3,10-13,16-17H,4-9H2,1H3. The van der Waals surface area contributed by atoms with Crippen LogP contribution in [0.2, 0.25) is 0 Å². The second-order valence-corrected chi connectivity index (χ2v) is 5.75. The lowest BCUT2D eigenvalue weighted by atomic mass is 9.68. The van der Waals surface area contributed by atoms with E-state index in [4.69, 9.17) is 4.74 Å². The summed E-state index contributed by atoms with van der Waals surface area (Å²) < 4.78 is 5.45. The maximum Gasteiger partial charge on any atom is 0.141 e. The third-order valence-corrected chi connectivity index (χ3v) is 4.74. The van der Waals surface area contributed by atoms with Crippen LogP contribution in [0.4, 0.5) is 5.69 Å². The van der Waals surface area contributed by atoms with Crippen LogP contribution in [0.5, 0.6) is 5.75 Å². The molecule has 1 aromatic carbocycles. The monoisotopic (exact) mass is 245 g/mol. The largest absolute Gasteiger partial charge is 0.495 e. The Hall–Kier alpha value is -1.18. The molecule has 0 spiro atoms. The number of methoxy groups -OCH3 is 1. The van der Waals surface area contributed by atoms with Gasteiger partial charge in [0.15, 0.2) is 0 Å². The molecule has 2 heteroatoms. The Morgan fingerprint density at radius 1 is 1.06 bits per heavy atom. The van der Waals surface area contributed by atoms with Crippen LogP contribution in [0.1, 0.15) is 38.5 Å². The Bertz CT molecular complexity index is 382. The van der Waals surface area contributed by atoms with Crippen LogP contribution in [-0.4, -0.2) is 13.2 Å². The van der Waals surface area contributed by atoms with Crippen molar-refractivity contribution in [3.05, 3.63) is 24.3 Å². The molecule has 98 valence electrons. The first-order valence-corrected chi connectivity index (χ1v) is 7.28. The predicted octanol–water partition coefficient (Wildman–Crippen LogP) is 4.08. The van der Waals surface area contributed by atoms with Gasteiger partial charge in [-0.25, -0.2) is 0 Å². The normalized spacial score (nSPS) is 20.3. The predicted molar refractivity (Wildman–Crippen MR) is 75.1 cm³/mol. The van der Waals surface area contributed by atoms with Gasteiger partial charge in [-0.15, -0.1) is 0 Å². The van der Waals surface area contributed by atoms with E-state index < -0.39 is 0 Å². The van der Waals surface area contributed by atoms with Crippen molar-refractivity contribution in [2.75, 3.05) is 12.4 Å². The molecular formula is C16H23NO. The maximum absolute atomic E-state index is 5.45. The number of hydrogen-bond donors (Lipinski definition) is 1. The van der Waals surface area contributed by atoms with E-state index in [9.17, 15) is 0 Å². The van der Waals surface area contributed by atoms with Crippen molar-refractivity contribution < 1.29 is 4.74 Å². The molecule has 0 atom stereocenters. The Labute approximate surface area is 110 Å². The lowest BCUT2D eigenvalue weighted by molar-refractivity contribution is 0.166. The van der Waals surface area contributed by atoms with Crippen LogP contribution < -0.4 is 10.1 Å². The number of anilines is 1. The molecule has 0 bridgehead atoms.